The molecule has 1 aromatic heterocycles. The third-order valence-corrected chi connectivity index (χ3v) is 2.91. The summed E-state index contributed by atoms with van der Waals surface area (Å²) in [5.74, 6) is 0.908. The first kappa shape index (κ1) is 10.9. The number of nitrogens with zero attached hydrogens (tertiary/aromatic N) is 2. The Morgan fingerprint density at radius 3 is 2.62 bits per heavy atom. The molecule has 0 atom stereocenters. The largest absolute Gasteiger partial charge is 0.390 e. The van der Waals surface area contributed by atoms with Crippen LogP contribution < -0.4 is 0 Å². The third-order valence-electron chi connectivity index (χ3n) is 2.91. The summed E-state index contributed by atoms with van der Waals surface area (Å²) in [4.78, 5) is 4.45. The molecular formula is C13H16N2O. The second-order valence-electron chi connectivity index (χ2n) is 4.05. The fraction of sp³-hybridized carbons (Fsp3) is 0.308. The average molecular weight is 216 g/mol. The SMILES string of the molecule is Cc1cccc(-c2nc(CO)c(C)n2C)c1. The van der Waals surface area contributed by atoms with E-state index in [-0.39, 0.29) is 6.61 Å². The molecule has 2 aromatic rings. The second kappa shape index (κ2) is 4.10. The molecule has 1 N–H and O–H groups in total. The molecule has 3 heteroatoms. The van der Waals surface area contributed by atoms with Gasteiger partial charge >= 0.3 is 0 Å². The van der Waals surface area contributed by atoms with Crippen LogP contribution in [0.3, 0.4) is 0 Å². The second-order valence-corrected chi connectivity index (χ2v) is 4.05. The molecule has 1 aromatic carbocycles. The van der Waals surface area contributed by atoms with Gasteiger partial charge in [-0.25, -0.2) is 4.98 Å². The summed E-state index contributed by atoms with van der Waals surface area (Å²) in [7, 11) is 1.97. The Hall–Kier alpha value is -1.61. The minimum atomic E-state index is -0.00844. The van der Waals surface area contributed by atoms with Crippen molar-refractivity contribution in [3.63, 3.8) is 0 Å². The zero-order valence-electron chi connectivity index (χ0n) is 9.86. The average Bonchev–Trinajstić information content (AvgIpc) is 2.56. The van der Waals surface area contributed by atoms with Crippen molar-refractivity contribution in [3.05, 3.63) is 41.2 Å². The summed E-state index contributed by atoms with van der Waals surface area (Å²) in [6.07, 6.45) is 0. The van der Waals surface area contributed by atoms with E-state index in [1.807, 2.05) is 30.7 Å². The maximum Gasteiger partial charge on any atom is 0.140 e. The van der Waals surface area contributed by atoms with Gasteiger partial charge < -0.3 is 9.67 Å². The number of aromatic nitrogens is 2. The van der Waals surface area contributed by atoms with Crippen molar-refractivity contribution in [1.29, 1.82) is 0 Å². The van der Waals surface area contributed by atoms with Gasteiger partial charge in [0.15, 0.2) is 0 Å². The van der Waals surface area contributed by atoms with Crippen LogP contribution in [0.15, 0.2) is 24.3 Å². The predicted octanol–water partition coefficient (Wildman–Crippen LogP) is 2.20. The molecule has 0 aliphatic rings. The molecular weight excluding hydrogens is 200 g/mol. The summed E-state index contributed by atoms with van der Waals surface area (Å²) in [6.45, 7) is 4.02. The van der Waals surface area contributed by atoms with Crippen molar-refractivity contribution in [2.75, 3.05) is 0 Å². The summed E-state index contributed by atoms with van der Waals surface area (Å²) in [5, 5.41) is 9.18. The summed E-state index contributed by atoms with van der Waals surface area (Å²) in [5.41, 5.74) is 4.06. The van der Waals surface area contributed by atoms with E-state index in [9.17, 15) is 5.11 Å². The van der Waals surface area contributed by atoms with Gasteiger partial charge in [0.25, 0.3) is 0 Å². The van der Waals surface area contributed by atoms with Gasteiger partial charge in [0.2, 0.25) is 0 Å². The minimum Gasteiger partial charge on any atom is -0.390 e. The fourth-order valence-corrected chi connectivity index (χ4v) is 1.83. The van der Waals surface area contributed by atoms with Gasteiger partial charge in [-0.2, -0.15) is 0 Å². The number of aryl methyl sites for hydroxylation is 1. The third kappa shape index (κ3) is 1.74. The molecule has 0 radical (unpaired) electrons. The van der Waals surface area contributed by atoms with Crippen LogP contribution in [-0.4, -0.2) is 14.7 Å². The molecule has 84 valence electrons. The summed E-state index contributed by atoms with van der Waals surface area (Å²) >= 11 is 0. The molecule has 0 saturated heterocycles. The van der Waals surface area contributed by atoms with Gasteiger partial charge in [0, 0.05) is 18.3 Å². The first-order valence-corrected chi connectivity index (χ1v) is 5.33. The Kier molecular flexibility index (Phi) is 2.79. The number of aliphatic hydroxyl groups excluding tert-OH is 1. The maximum absolute atomic E-state index is 9.18. The Morgan fingerprint density at radius 2 is 2.06 bits per heavy atom. The molecule has 3 nitrogen and oxygen atoms in total. The highest BCUT2D eigenvalue weighted by Crippen LogP contribution is 2.21. The first-order valence-electron chi connectivity index (χ1n) is 5.33. The lowest BCUT2D eigenvalue weighted by atomic mass is 10.1. The molecule has 0 aliphatic carbocycles. The quantitative estimate of drug-likeness (QED) is 0.835. The van der Waals surface area contributed by atoms with E-state index < -0.39 is 0 Å². The van der Waals surface area contributed by atoms with Gasteiger partial charge in [-0.15, -0.1) is 0 Å². The van der Waals surface area contributed by atoms with E-state index in [1.165, 1.54) is 5.56 Å². The first-order chi connectivity index (χ1) is 7.63. The van der Waals surface area contributed by atoms with E-state index >= 15 is 0 Å². The Labute approximate surface area is 95.4 Å². The van der Waals surface area contributed by atoms with Crippen molar-refractivity contribution in [2.45, 2.75) is 20.5 Å². The predicted molar refractivity (Wildman–Crippen MR) is 64.0 cm³/mol. The van der Waals surface area contributed by atoms with Gasteiger partial charge in [-0.05, 0) is 19.9 Å². The fourth-order valence-electron chi connectivity index (χ4n) is 1.83. The van der Waals surface area contributed by atoms with Crippen molar-refractivity contribution < 1.29 is 5.11 Å². The molecule has 16 heavy (non-hydrogen) atoms. The molecule has 1 heterocycles. The molecule has 0 unspecified atom stereocenters. The lowest BCUT2D eigenvalue weighted by Crippen LogP contribution is -1.95. The lowest BCUT2D eigenvalue weighted by Gasteiger charge is -2.03. The van der Waals surface area contributed by atoms with Crippen LogP contribution in [0, 0.1) is 13.8 Å². The number of hydrogen-bond donors (Lipinski definition) is 1. The van der Waals surface area contributed by atoms with Gasteiger partial charge in [-0.1, -0.05) is 23.8 Å². The lowest BCUT2D eigenvalue weighted by molar-refractivity contribution is 0.276. The molecule has 0 amide bonds. The van der Waals surface area contributed by atoms with Gasteiger partial charge in [-0.3, -0.25) is 0 Å². The number of imidazole rings is 1. The van der Waals surface area contributed by atoms with Crippen molar-refractivity contribution in [3.8, 4) is 11.4 Å². The van der Waals surface area contributed by atoms with Crippen molar-refractivity contribution in [2.24, 2.45) is 7.05 Å². The summed E-state index contributed by atoms with van der Waals surface area (Å²) in [6, 6.07) is 8.22. The smallest absolute Gasteiger partial charge is 0.140 e. The number of aliphatic hydroxyl groups is 1. The highest BCUT2D eigenvalue weighted by atomic mass is 16.3. The van der Waals surface area contributed by atoms with Crippen LogP contribution in [0.2, 0.25) is 0 Å². The number of rotatable bonds is 2. The van der Waals surface area contributed by atoms with Gasteiger partial charge in [0.1, 0.15) is 5.82 Å². The monoisotopic (exact) mass is 216 g/mol. The topological polar surface area (TPSA) is 38.1 Å². The van der Waals surface area contributed by atoms with Crippen LogP contribution >= 0.6 is 0 Å². The zero-order chi connectivity index (χ0) is 11.7. The van der Waals surface area contributed by atoms with Crippen molar-refractivity contribution in [1.82, 2.24) is 9.55 Å². The van der Waals surface area contributed by atoms with Crippen LogP contribution in [0.5, 0.6) is 0 Å². The number of hydrogen-bond acceptors (Lipinski definition) is 2. The van der Waals surface area contributed by atoms with Gasteiger partial charge in [0.05, 0.1) is 12.3 Å². The van der Waals surface area contributed by atoms with Crippen LogP contribution in [0.25, 0.3) is 11.4 Å². The maximum atomic E-state index is 9.18. The van der Waals surface area contributed by atoms with Crippen molar-refractivity contribution >= 4 is 0 Å². The molecule has 0 spiro atoms. The zero-order valence-corrected chi connectivity index (χ0v) is 9.86. The molecule has 0 aliphatic heterocycles. The molecule has 0 bridgehead atoms. The standard InChI is InChI=1S/C13H16N2O/c1-9-5-4-6-11(7-9)13-14-12(8-16)10(2)15(13)3/h4-7,16H,8H2,1-3H3. The van der Waals surface area contributed by atoms with E-state index in [4.69, 9.17) is 0 Å². The van der Waals surface area contributed by atoms with E-state index in [0.717, 1.165) is 22.8 Å². The highest BCUT2D eigenvalue weighted by Gasteiger charge is 2.11. The Balaban J connectivity index is 2.56. The normalized spacial score (nSPS) is 10.8. The molecule has 0 saturated carbocycles. The molecule has 0 fully saturated rings. The van der Waals surface area contributed by atoms with E-state index in [1.54, 1.807) is 0 Å². The van der Waals surface area contributed by atoms with Crippen LogP contribution in [-0.2, 0) is 13.7 Å². The van der Waals surface area contributed by atoms with Crippen LogP contribution in [0.1, 0.15) is 17.0 Å². The van der Waals surface area contributed by atoms with Crippen LogP contribution in [0.4, 0.5) is 0 Å². The highest BCUT2D eigenvalue weighted by molar-refractivity contribution is 5.57. The van der Waals surface area contributed by atoms with E-state index in [2.05, 4.69) is 24.0 Å². The minimum absolute atomic E-state index is 0.00844. The Morgan fingerprint density at radius 1 is 1.31 bits per heavy atom. The van der Waals surface area contributed by atoms with E-state index in [0.29, 0.717) is 0 Å². The molecule has 2 rings (SSSR count). The number of benzene rings is 1. The Bertz CT molecular complexity index is 515. The summed E-state index contributed by atoms with van der Waals surface area (Å²) < 4.78 is 2.01.